The number of aromatic hydroxyl groups is 1. The molecule has 0 aliphatic rings. The number of thiophene rings is 1. The average Bonchev–Trinajstić information content (AvgIpc) is 2.87. The Balaban J connectivity index is 2.18. The van der Waals surface area contributed by atoms with Gasteiger partial charge in [-0.25, -0.2) is 4.98 Å². The summed E-state index contributed by atoms with van der Waals surface area (Å²) in [5, 5.41) is 12.3. The second kappa shape index (κ2) is 4.23. The van der Waals surface area contributed by atoms with Crippen molar-refractivity contribution >= 4 is 21.6 Å². The van der Waals surface area contributed by atoms with Crippen LogP contribution in [0.25, 0.3) is 21.7 Å². The molecule has 3 aromatic heterocycles. The summed E-state index contributed by atoms with van der Waals surface area (Å²) in [6.07, 6.45) is 1.62. The number of methoxy groups -OCH3 is 1. The number of ether oxygens (including phenoxy) is 1. The third-order valence-corrected chi connectivity index (χ3v) is 3.31. The van der Waals surface area contributed by atoms with E-state index in [1.54, 1.807) is 31.5 Å². The molecule has 0 unspecified atom stereocenters. The first-order chi connectivity index (χ1) is 8.78. The number of pyridine rings is 1. The van der Waals surface area contributed by atoms with E-state index in [0.717, 1.165) is 4.83 Å². The zero-order valence-corrected chi connectivity index (χ0v) is 10.3. The summed E-state index contributed by atoms with van der Waals surface area (Å²) >= 11 is 1.45. The van der Waals surface area contributed by atoms with Crippen LogP contribution in [-0.2, 0) is 0 Å². The number of nitrogens with zero attached hydrogens (tertiary/aromatic N) is 3. The molecule has 0 spiro atoms. The molecular weight excluding hydrogens is 250 g/mol. The van der Waals surface area contributed by atoms with Crippen LogP contribution in [0.2, 0.25) is 0 Å². The third kappa shape index (κ3) is 1.76. The normalized spacial score (nSPS) is 10.7. The molecule has 0 aliphatic heterocycles. The van der Waals surface area contributed by atoms with Crippen LogP contribution in [0, 0.1) is 0 Å². The number of aromatic nitrogens is 3. The minimum atomic E-state index is -0.0270. The van der Waals surface area contributed by atoms with Gasteiger partial charge >= 0.3 is 0 Å². The van der Waals surface area contributed by atoms with Crippen molar-refractivity contribution in [3.8, 4) is 23.1 Å². The Kier molecular flexibility index (Phi) is 2.56. The molecule has 3 heterocycles. The van der Waals surface area contributed by atoms with Gasteiger partial charge in [0.25, 0.3) is 0 Å². The van der Waals surface area contributed by atoms with Crippen LogP contribution in [0.15, 0.2) is 29.8 Å². The number of rotatable bonds is 2. The molecule has 90 valence electrons. The quantitative estimate of drug-likeness (QED) is 0.765. The Hall–Kier alpha value is -2.21. The highest BCUT2D eigenvalue weighted by Gasteiger charge is 2.10. The Morgan fingerprint density at radius 1 is 1.28 bits per heavy atom. The lowest BCUT2D eigenvalue weighted by atomic mass is 10.3. The van der Waals surface area contributed by atoms with Gasteiger partial charge in [-0.2, -0.15) is 4.98 Å². The fraction of sp³-hybridized carbons (Fsp3) is 0.0833. The van der Waals surface area contributed by atoms with E-state index in [4.69, 9.17) is 4.74 Å². The molecule has 18 heavy (non-hydrogen) atoms. The highest BCUT2D eigenvalue weighted by atomic mass is 32.1. The van der Waals surface area contributed by atoms with E-state index in [2.05, 4.69) is 15.0 Å². The summed E-state index contributed by atoms with van der Waals surface area (Å²) in [6.45, 7) is 0. The minimum Gasteiger partial charge on any atom is -0.497 e. The predicted octanol–water partition coefficient (Wildman–Crippen LogP) is 2.47. The zero-order valence-electron chi connectivity index (χ0n) is 9.49. The lowest BCUT2D eigenvalue weighted by molar-refractivity contribution is 0.414. The molecule has 6 heteroatoms. The fourth-order valence-corrected chi connectivity index (χ4v) is 2.37. The third-order valence-electron chi connectivity index (χ3n) is 2.50. The molecular formula is C12H9N3O2S. The summed E-state index contributed by atoms with van der Waals surface area (Å²) in [7, 11) is 1.58. The van der Waals surface area contributed by atoms with Crippen LogP contribution in [0.5, 0.6) is 11.6 Å². The zero-order chi connectivity index (χ0) is 12.5. The maximum absolute atomic E-state index is 9.83. The minimum absolute atomic E-state index is 0.0270. The predicted molar refractivity (Wildman–Crippen MR) is 68.9 cm³/mol. The van der Waals surface area contributed by atoms with Crippen molar-refractivity contribution < 1.29 is 9.84 Å². The SMILES string of the molecule is COc1ccnc(-c2nc(O)c3ccsc3n2)c1. The van der Waals surface area contributed by atoms with Crippen LogP contribution in [-0.4, -0.2) is 27.2 Å². The molecule has 0 bridgehead atoms. The molecule has 5 nitrogen and oxygen atoms in total. The van der Waals surface area contributed by atoms with E-state index >= 15 is 0 Å². The van der Waals surface area contributed by atoms with Gasteiger partial charge in [-0.3, -0.25) is 4.98 Å². The molecule has 1 N–H and O–H groups in total. The summed E-state index contributed by atoms with van der Waals surface area (Å²) in [6, 6.07) is 5.26. The Bertz CT molecular complexity index is 711. The van der Waals surface area contributed by atoms with Gasteiger partial charge in [0.1, 0.15) is 16.3 Å². The number of hydrogen-bond donors (Lipinski definition) is 1. The maximum Gasteiger partial charge on any atom is 0.223 e. The van der Waals surface area contributed by atoms with Crippen molar-refractivity contribution in [1.29, 1.82) is 0 Å². The average molecular weight is 259 g/mol. The van der Waals surface area contributed by atoms with Crippen LogP contribution >= 0.6 is 11.3 Å². The molecule has 0 amide bonds. The molecule has 3 rings (SSSR count). The van der Waals surface area contributed by atoms with Crippen molar-refractivity contribution in [2.45, 2.75) is 0 Å². The molecule has 3 aromatic rings. The lowest BCUT2D eigenvalue weighted by Gasteiger charge is -2.03. The lowest BCUT2D eigenvalue weighted by Crippen LogP contribution is -1.93. The van der Waals surface area contributed by atoms with Crippen LogP contribution < -0.4 is 4.74 Å². The van der Waals surface area contributed by atoms with Crippen LogP contribution in [0.3, 0.4) is 0 Å². The number of fused-ring (bicyclic) bond motifs is 1. The van der Waals surface area contributed by atoms with Crippen LogP contribution in [0.4, 0.5) is 0 Å². The van der Waals surface area contributed by atoms with E-state index in [-0.39, 0.29) is 5.88 Å². The van der Waals surface area contributed by atoms with E-state index < -0.39 is 0 Å². The Morgan fingerprint density at radius 3 is 3.00 bits per heavy atom. The smallest absolute Gasteiger partial charge is 0.223 e. The van der Waals surface area contributed by atoms with Crippen LogP contribution in [0.1, 0.15) is 0 Å². The highest BCUT2D eigenvalue weighted by molar-refractivity contribution is 7.16. The molecule has 0 radical (unpaired) electrons. The topological polar surface area (TPSA) is 68.1 Å². The highest BCUT2D eigenvalue weighted by Crippen LogP contribution is 2.28. The first kappa shape index (κ1) is 10.9. The second-order valence-electron chi connectivity index (χ2n) is 3.59. The van der Waals surface area contributed by atoms with E-state index in [1.165, 1.54) is 11.3 Å². The van der Waals surface area contributed by atoms with Gasteiger partial charge in [-0.05, 0) is 17.5 Å². The number of hydrogen-bond acceptors (Lipinski definition) is 6. The van der Waals surface area contributed by atoms with E-state index in [1.807, 2.05) is 5.38 Å². The van der Waals surface area contributed by atoms with Gasteiger partial charge in [-0.1, -0.05) is 0 Å². The molecule has 0 aliphatic carbocycles. The summed E-state index contributed by atoms with van der Waals surface area (Å²) in [4.78, 5) is 13.3. The second-order valence-corrected chi connectivity index (χ2v) is 4.49. The Labute approximate surface area is 107 Å². The molecule has 0 fully saturated rings. The fourth-order valence-electron chi connectivity index (χ4n) is 1.61. The van der Waals surface area contributed by atoms with Gasteiger partial charge in [0.2, 0.25) is 5.88 Å². The largest absolute Gasteiger partial charge is 0.497 e. The molecule has 0 aromatic carbocycles. The maximum atomic E-state index is 9.83. The van der Waals surface area contributed by atoms with Gasteiger partial charge in [-0.15, -0.1) is 11.3 Å². The van der Waals surface area contributed by atoms with Gasteiger partial charge in [0, 0.05) is 12.3 Å². The van der Waals surface area contributed by atoms with Crippen molar-refractivity contribution in [2.24, 2.45) is 0 Å². The van der Waals surface area contributed by atoms with Crippen molar-refractivity contribution in [3.63, 3.8) is 0 Å². The van der Waals surface area contributed by atoms with E-state index in [9.17, 15) is 5.11 Å². The monoisotopic (exact) mass is 259 g/mol. The summed E-state index contributed by atoms with van der Waals surface area (Å²) < 4.78 is 5.12. The van der Waals surface area contributed by atoms with Crippen molar-refractivity contribution in [1.82, 2.24) is 15.0 Å². The van der Waals surface area contributed by atoms with Gasteiger partial charge in [0.05, 0.1) is 12.5 Å². The molecule has 0 atom stereocenters. The summed E-state index contributed by atoms with van der Waals surface area (Å²) in [5.74, 6) is 1.04. The summed E-state index contributed by atoms with van der Waals surface area (Å²) in [5.41, 5.74) is 0.569. The van der Waals surface area contributed by atoms with Gasteiger partial charge < -0.3 is 9.84 Å². The molecule has 0 saturated heterocycles. The van der Waals surface area contributed by atoms with E-state index in [0.29, 0.717) is 22.7 Å². The van der Waals surface area contributed by atoms with Gasteiger partial charge in [0.15, 0.2) is 5.82 Å². The Morgan fingerprint density at radius 2 is 2.17 bits per heavy atom. The van der Waals surface area contributed by atoms with Crippen molar-refractivity contribution in [2.75, 3.05) is 7.11 Å². The standard InChI is InChI=1S/C12H9N3O2S/c1-17-7-2-4-13-9(6-7)10-14-11(16)8-3-5-18-12(8)15-10/h2-6H,1H3,(H,14,15,16). The first-order valence-electron chi connectivity index (χ1n) is 5.22. The first-order valence-corrected chi connectivity index (χ1v) is 6.10. The van der Waals surface area contributed by atoms with Crippen molar-refractivity contribution in [3.05, 3.63) is 29.8 Å². The molecule has 0 saturated carbocycles.